The van der Waals surface area contributed by atoms with E-state index in [2.05, 4.69) is 111 Å². The molecule has 0 aliphatic carbocycles. The molecule has 0 fully saturated rings. The van der Waals surface area contributed by atoms with Crippen molar-refractivity contribution in [3.05, 3.63) is 97.2 Å². The van der Waals surface area contributed by atoms with Gasteiger partial charge in [0.25, 0.3) is 6.29 Å². The van der Waals surface area contributed by atoms with Crippen molar-refractivity contribution in [3.63, 3.8) is 0 Å². The Labute approximate surface area is 486 Å². The van der Waals surface area contributed by atoms with E-state index in [9.17, 15) is 19.5 Å². The molecule has 0 aromatic heterocycles. The van der Waals surface area contributed by atoms with E-state index in [-0.39, 0.29) is 32.2 Å². The van der Waals surface area contributed by atoms with E-state index in [0.717, 1.165) is 89.9 Å². The quantitative estimate of drug-likeness (QED) is 0.0211. The lowest BCUT2D eigenvalue weighted by atomic mass is 10.0. The number of carboxylic acid groups (broad SMARTS) is 1. The number of unbranched alkanes of at least 4 members (excludes halogenated alkanes) is 28. The van der Waals surface area contributed by atoms with Crippen molar-refractivity contribution in [1.29, 1.82) is 0 Å². The summed E-state index contributed by atoms with van der Waals surface area (Å²) >= 11 is 0. The molecule has 0 saturated carbocycles. The third-order valence-electron chi connectivity index (χ3n) is 13.8. The van der Waals surface area contributed by atoms with Crippen LogP contribution in [0.2, 0.25) is 0 Å². The molecule has 0 aliphatic heterocycles. The van der Waals surface area contributed by atoms with Crippen molar-refractivity contribution < 1.29 is 42.9 Å². The molecular formula is C70H122NO8+. The van der Waals surface area contributed by atoms with E-state index in [1.807, 2.05) is 21.1 Å². The van der Waals surface area contributed by atoms with Crippen LogP contribution in [0.25, 0.3) is 0 Å². The lowest BCUT2D eigenvalue weighted by Crippen LogP contribution is -2.40. The van der Waals surface area contributed by atoms with Gasteiger partial charge in [0.15, 0.2) is 6.10 Å². The molecule has 0 saturated heterocycles. The number of carboxylic acids is 1. The van der Waals surface area contributed by atoms with Gasteiger partial charge in [-0.3, -0.25) is 9.59 Å². The Kier molecular flexibility index (Phi) is 57.4. The lowest BCUT2D eigenvalue weighted by Gasteiger charge is -2.25. The molecule has 9 heteroatoms. The maximum atomic E-state index is 12.9. The van der Waals surface area contributed by atoms with Crippen LogP contribution in [0.4, 0.5) is 0 Å². The molecular weight excluding hydrogens is 983 g/mol. The van der Waals surface area contributed by atoms with Gasteiger partial charge in [-0.15, -0.1) is 0 Å². The molecule has 0 aliphatic rings. The van der Waals surface area contributed by atoms with Crippen LogP contribution in [0.5, 0.6) is 0 Å². The number of carbonyl (C=O) groups excluding carboxylic acids is 2. The standard InChI is InChI=1S/C70H121NO8/c1-6-8-10-12-14-16-18-20-22-24-26-28-30-32-34-36-38-40-42-44-46-48-50-52-54-56-58-60-67(72)77-64-66(65-78-70(69(74)75)76-63-62-71(3,4)5)79-68(73)61-59-57-55-53-51-49-47-45-43-41-39-37-35-33-31-29-27-25-23-21-19-17-15-13-11-9-7-2/h9,11,15,17-18,20-21,23-24,26-27,29-30,32-33,35,66,70H,6-8,10,12-14,16,19,22,25,28,31,34,36-65H2,1-5H3/p+1/b11-9-,17-15-,20-18-,23-21-,26-24-,29-27-,32-30-,35-33-. The first-order chi connectivity index (χ1) is 38.6. The highest BCUT2D eigenvalue weighted by Gasteiger charge is 2.25. The molecule has 79 heavy (non-hydrogen) atoms. The van der Waals surface area contributed by atoms with Crippen LogP contribution in [-0.2, 0) is 33.3 Å². The summed E-state index contributed by atoms with van der Waals surface area (Å²) in [5.74, 6) is -2.01. The van der Waals surface area contributed by atoms with Gasteiger partial charge in [-0.05, 0) is 96.3 Å². The molecule has 0 bridgehead atoms. The number of hydrogen-bond donors (Lipinski definition) is 1. The first-order valence-electron chi connectivity index (χ1n) is 32.4. The van der Waals surface area contributed by atoms with E-state index >= 15 is 0 Å². The van der Waals surface area contributed by atoms with Gasteiger partial charge < -0.3 is 28.5 Å². The Morgan fingerprint density at radius 2 is 0.722 bits per heavy atom. The number of nitrogens with zero attached hydrogens (tertiary/aromatic N) is 1. The van der Waals surface area contributed by atoms with Crippen molar-refractivity contribution in [2.75, 3.05) is 47.5 Å². The highest BCUT2D eigenvalue weighted by atomic mass is 16.7. The van der Waals surface area contributed by atoms with Gasteiger partial charge in [0.2, 0.25) is 0 Å². The van der Waals surface area contributed by atoms with Gasteiger partial charge in [0.1, 0.15) is 13.2 Å². The first kappa shape index (κ1) is 75.2. The molecule has 0 heterocycles. The highest BCUT2D eigenvalue weighted by Crippen LogP contribution is 2.16. The van der Waals surface area contributed by atoms with Gasteiger partial charge in [-0.25, -0.2) is 4.79 Å². The van der Waals surface area contributed by atoms with Crippen LogP contribution >= 0.6 is 0 Å². The number of ether oxygens (including phenoxy) is 4. The second-order valence-electron chi connectivity index (χ2n) is 22.7. The average molecular weight is 1110 g/mol. The molecule has 454 valence electrons. The Hall–Kier alpha value is -3.79. The van der Waals surface area contributed by atoms with E-state index in [1.54, 1.807) is 0 Å². The third kappa shape index (κ3) is 61.7. The summed E-state index contributed by atoms with van der Waals surface area (Å²) in [6, 6.07) is 0. The first-order valence-corrected chi connectivity index (χ1v) is 32.4. The zero-order valence-electron chi connectivity index (χ0n) is 51.8. The van der Waals surface area contributed by atoms with Crippen LogP contribution < -0.4 is 0 Å². The van der Waals surface area contributed by atoms with E-state index < -0.39 is 24.3 Å². The molecule has 0 radical (unpaired) electrons. The van der Waals surface area contributed by atoms with E-state index in [0.29, 0.717) is 23.9 Å². The molecule has 2 unspecified atom stereocenters. The molecule has 0 spiro atoms. The number of esters is 2. The molecule has 0 amide bonds. The molecule has 1 N–H and O–H groups in total. The largest absolute Gasteiger partial charge is 0.477 e. The lowest BCUT2D eigenvalue weighted by molar-refractivity contribution is -0.870. The second-order valence-corrected chi connectivity index (χ2v) is 22.7. The minimum absolute atomic E-state index is 0.183. The van der Waals surface area contributed by atoms with Gasteiger partial charge in [0.05, 0.1) is 34.4 Å². The van der Waals surface area contributed by atoms with E-state index in [1.165, 1.54) is 148 Å². The molecule has 0 aromatic carbocycles. The molecule has 2 atom stereocenters. The molecule has 0 aromatic rings. The van der Waals surface area contributed by atoms with E-state index in [4.69, 9.17) is 18.9 Å². The Morgan fingerprint density at radius 1 is 0.392 bits per heavy atom. The van der Waals surface area contributed by atoms with Crippen LogP contribution in [0.15, 0.2) is 97.2 Å². The zero-order chi connectivity index (χ0) is 57.6. The van der Waals surface area contributed by atoms with Crippen molar-refractivity contribution >= 4 is 17.9 Å². The Bertz CT molecular complexity index is 1620. The van der Waals surface area contributed by atoms with Gasteiger partial charge in [-0.1, -0.05) is 259 Å². The molecule has 9 nitrogen and oxygen atoms in total. The fourth-order valence-electron chi connectivity index (χ4n) is 8.87. The normalized spacial score (nSPS) is 13.4. The second kappa shape index (κ2) is 60.3. The van der Waals surface area contributed by atoms with Gasteiger partial charge in [0, 0.05) is 12.8 Å². The van der Waals surface area contributed by atoms with Crippen LogP contribution in [0.3, 0.4) is 0 Å². The fraction of sp³-hybridized carbons (Fsp3) is 0.729. The summed E-state index contributed by atoms with van der Waals surface area (Å²) in [4.78, 5) is 37.6. The zero-order valence-corrected chi connectivity index (χ0v) is 51.8. The fourth-order valence-corrected chi connectivity index (χ4v) is 8.87. The predicted octanol–water partition coefficient (Wildman–Crippen LogP) is 19.7. The minimum atomic E-state index is -1.52. The van der Waals surface area contributed by atoms with Crippen molar-refractivity contribution in [2.45, 2.75) is 283 Å². The predicted molar refractivity (Wildman–Crippen MR) is 336 cm³/mol. The number of hydrogen-bond acceptors (Lipinski definition) is 7. The van der Waals surface area contributed by atoms with Crippen LogP contribution in [0, 0.1) is 0 Å². The number of carbonyl (C=O) groups is 3. The summed E-state index contributed by atoms with van der Waals surface area (Å²) in [5, 5.41) is 9.73. The Morgan fingerprint density at radius 3 is 1.08 bits per heavy atom. The van der Waals surface area contributed by atoms with Crippen molar-refractivity contribution in [3.8, 4) is 0 Å². The average Bonchev–Trinajstić information content (AvgIpc) is 3.42. The van der Waals surface area contributed by atoms with Crippen LogP contribution in [-0.4, -0.2) is 87.4 Å². The summed E-state index contributed by atoms with van der Waals surface area (Å²) in [6.45, 7) is 4.76. The van der Waals surface area contributed by atoms with Crippen molar-refractivity contribution in [2.24, 2.45) is 0 Å². The van der Waals surface area contributed by atoms with Gasteiger partial charge in [-0.2, -0.15) is 0 Å². The smallest absolute Gasteiger partial charge is 0.361 e. The number of likely N-dealkylation sites (N-methyl/N-ethyl adjacent to an activating group) is 1. The SMILES string of the molecule is CC/C=C\C/C=C\C/C=C\C/C=C\C/C=C\CCCCCCCCCCCCCC(=O)OC(COC(=O)CCCCCCCCCCCCCC/C=C\C/C=C\C/C=C\CCCCCCC)COC(OCC[N+](C)(C)C)C(=O)O. The highest BCUT2D eigenvalue weighted by molar-refractivity contribution is 5.71. The maximum absolute atomic E-state index is 12.9. The summed E-state index contributed by atoms with van der Waals surface area (Å²) < 4.78 is 22.9. The van der Waals surface area contributed by atoms with Gasteiger partial charge >= 0.3 is 17.9 Å². The summed E-state index contributed by atoms with van der Waals surface area (Å²) in [5.41, 5.74) is 0. The third-order valence-corrected chi connectivity index (χ3v) is 13.8. The number of quaternary nitrogens is 1. The number of allylic oxidation sites excluding steroid dienone is 16. The minimum Gasteiger partial charge on any atom is -0.477 e. The number of rotatable bonds is 59. The monoisotopic (exact) mass is 1100 g/mol. The summed E-state index contributed by atoms with van der Waals surface area (Å²) in [7, 11) is 5.97. The number of aliphatic carboxylic acids is 1. The molecule has 0 rings (SSSR count). The maximum Gasteiger partial charge on any atom is 0.361 e. The Balaban J connectivity index is 4.20. The summed E-state index contributed by atoms with van der Waals surface area (Å²) in [6.07, 6.45) is 79.2. The van der Waals surface area contributed by atoms with Crippen LogP contribution in [0.1, 0.15) is 271 Å². The van der Waals surface area contributed by atoms with Crippen molar-refractivity contribution in [1.82, 2.24) is 0 Å². The topological polar surface area (TPSA) is 108 Å².